The van der Waals surface area contributed by atoms with Crippen LogP contribution < -0.4 is 5.32 Å². The van der Waals surface area contributed by atoms with E-state index < -0.39 is 0 Å². The highest BCUT2D eigenvalue weighted by Crippen LogP contribution is 2.27. The van der Waals surface area contributed by atoms with E-state index in [1.54, 1.807) is 6.92 Å². The highest BCUT2D eigenvalue weighted by atomic mass is 32.1. The minimum Gasteiger partial charge on any atom is -0.461 e. The molecule has 0 atom stereocenters. The molecule has 0 bridgehead atoms. The lowest BCUT2D eigenvalue weighted by Gasteiger charge is -2.07. The molecule has 1 aromatic carbocycles. The van der Waals surface area contributed by atoms with Crippen molar-refractivity contribution in [2.45, 2.75) is 27.2 Å². The lowest BCUT2D eigenvalue weighted by molar-refractivity contribution is 0.0519. The van der Waals surface area contributed by atoms with Gasteiger partial charge < -0.3 is 10.1 Å². The number of esters is 1. The van der Waals surface area contributed by atoms with Crippen LogP contribution in [0.5, 0.6) is 0 Å². The zero-order valence-electron chi connectivity index (χ0n) is 11.9. The van der Waals surface area contributed by atoms with Crippen LogP contribution >= 0.6 is 11.3 Å². The van der Waals surface area contributed by atoms with E-state index in [2.05, 4.69) is 23.3 Å². The molecule has 0 saturated heterocycles. The lowest BCUT2D eigenvalue weighted by atomic mass is 10.1. The van der Waals surface area contributed by atoms with Crippen molar-refractivity contribution in [1.82, 2.24) is 4.98 Å². The van der Waals surface area contributed by atoms with Crippen molar-refractivity contribution in [3.63, 3.8) is 0 Å². The molecule has 0 unspecified atom stereocenters. The molecular formula is C15H18N2O2S. The number of carbonyl (C=O) groups is 1. The van der Waals surface area contributed by atoms with E-state index in [0.717, 1.165) is 17.0 Å². The minimum atomic E-state index is -0.363. The van der Waals surface area contributed by atoms with Crippen LogP contribution in [0.2, 0.25) is 0 Å². The number of nitrogens with one attached hydrogen (secondary N) is 1. The van der Waals surface area contributed by atoms with Gasteiger partial charge >= 0.3 is 5.97 Å². The van der Waals surface area contributed by atoms with Crippen molar-refractivity contribution in [2.75, 3.05) is 11.9 Å². The van der Waals surface area contributed by atoms with Crippen molar-refractivity contribution >= 4 is 28.1 Å². The molecule has 0 amide bonds. The van der Waals surface area contributed by atoms with Crippen LogP contribution in [0, 0.1) is 6.92 Å². The third kappa shape index (κ3) is 3.17. The Kier molecular flexibility index (Phi) is 4.74. The SMILES string of the molecule is CCOC(=O)c1nc(Nc2ccccc2CC)sc1C. The third-order valence-electron chi connectivity index (χ3n) is 2.91. The molecule has 106 valence electrons. The number of benzene rings is 1. The fourth-order valence-electron chi connectivity index (χ4n) is 1.90. The van der Waals surface area contributed by atoms with Crippen molar-refractivity contribution in [2.24, 2.45) is 0 Å². The second kappa shape index (κ2) is 6.52. The summed E-state index contributed by atoms with van der Waals surface area (Å²) in [6, 6.07) is 8.09. The number of aryl methyl sites for hydroxylation is 2. The molecule has 5 heteroatoms. The van der Waals surface area contributed by atoms with Gasteiger partial charge in [0.1, 0.15) is 0 Å². The van der Waals surface area contributed by atoms with Crippen LogP contribution in [-0.4, -0.2) is 17.6 Å². The van der Waals surface area contributed by atoms with Crippen molar-refractivity contribution in [1.29, 1.82) is 0 Å². The first-order valence-electron chi connectivity index (χ1n) is 6.65. The van der Waals surface area contributed by atoms with Crippen LogP contribution in [0.4, 0.5) is 10.8 Å². The van der Waals surface area contributed by atoms with Crippen molar-refractivity contribution in [3.8, 4) is 0 Å². The summed E-state index contributed by atoms with van der Waals surface area (Å²) in [5.41, 5.74) is 2.64. The van der Waals surface area contributed by atoms with Gasteiger partial charge in [0.05, 0.1) is 6.61 Å². The molecule has 1 N–H and O–H groups in total. The molecule has 0 aliphatic heterocycles. The molecule has 2 aromatic rings. The summed E-state index contributed by atoms with van der Waals surface area (Å²) >= 11 is 1.46. The number of hydrogen-bond acceptors (Lipinski definition) is 5. The number of para-hydroxylation sites is 1. The highest BCUT2D eigenvalue weighted by molar-refractivity contribution is 7.15. The van der Waals surface area contributed by atoms with E-state index in [0.29, 0.717) is 17.4 Å². The van der Waals surface area contributed by atoms with Crippen molar-refractivity contribution < 1.29 is 9.53 Å². The summed E-state index contributed by atoms with van der Waals surface area (Å²) < 4.78 is 4.99. The average molecular weight is 290 g/mol. The molecule has 20 heavy (non-hydrogen) atoms. The molecule has 0 spiro atoms. The minimum absolute atomic E-state index is 0.358. The number of thiazole rings is 1. The summed E-state index contributed by atoms with van der Waals surface area (Å²) in [5.74, 6) is -0.363. The number of ether oxygens (including phenoxy) is 1. The predicted octanol–water partition coefficient (Wildman–Crippen LogP) is 3.93. The summed E-state index contributed by atoms with van der Waals surface area (Å²) in [4.78, 5) is 16.9. The van der Waals surface area contributed by atoms with Gasteiger partial charge in [-0.15, -0.1) is 11.3 Å². The molecule has 2 rings (SSSR count). The number of hydrogen-bond donors (Lipinski definition) is 1. The van der Waals surface area contributed by atoms with Gasteiger partial charge in [0, 0.05) is 10.6 Å². The standard InChI is InChI=1S/C15H18N2O2S/c1-4-11-8-6-7-9-12(11)16-15-17-13(10(3)20-15)14(18)19-5-2/h6-9H,4-5H2,1-3H3,(H,16,17). The third-order valence-corrected chi connectivity index (χ3v) is 3.79. The maximum atomic E-state index is 11.7. The van der Waals surface area contributed by atoms with Crippen LogP contribution in [-0.2, 0) is 11.2 Å². The van der Waals surface area contributed by atoms with Crippen LogP contribution in [0.25, 0.3) is 0 Å². The van der Waals surface area contributed by atoms with Gasteiger partial charge in [-0.1, -0.05) is 25.1 Å². The summed E-state index contributed by atoms with van der Waals surface area (Å²) in [6.45, 7) is 6.13. The van der Waals surface area contributed by atoms with Gasteiger partial charge in [0.2, 0.25) is 0 Å². The Morgan fingerprint density at radius 3 is 2.80 bits per heavy atom. The summed E-state index contributed by atoms with van der Waals surface area (Å²) in [7, 11) is 0. The molecule has 0 aliphatic rings. The first-order valence-corrected chi connectivity index (χ1v) is 7.46. The first kappa shape index (κ1) is 14.5. The smallest absolute Gasteiger partial charge is 0.358 e. The van der Waals surface area contributed by atoms with E-state index >= 15 is 0 Å². The van der Waals surface area contributed by atoms with Crippen LogP contribution in [0.15, 0.2) is 24.3 Å². The lowest BCUT2D eigenvalue weighted by Crippen LogP contribution is -2.06. The fourth-order valence-corrected chi connectivity index (χ4v) is 2.72. The van der Waals surface area contributed by atoms with Crippen molar-refractivity contribution in [3.05, 3.63) is 40.4 Å². The second-order valence-electron chi connectivity index (χ2n) is 4.28. The largest absolute Gasteiger partial charge is 0.461 e. The van der Waals surface area contributed by atoms with E-state index in [9.17, 15) is 4.79 Å². The Morgan fingerprint density at radius 2 is 2.10 bits per heavy atom. The van der Waals surface area contributed by atoms with Crippen LogP contribution in [0.3, 0.4) is 0 Å². The quantitative estimate of drug-likeness (QED) is 0.848. The molecular weight excluding hydrogens is 272 g/mol. The molecule has 0 saturated carbocycles. The predicted molar refractivity (Wildman–Crippen MR) is 81.9 cm³/mol. The highest BCUT2D eigenvalue weighted by Gasteiger charge is 2.16. The summed E-state index contributed by atoms with van der Waals surface area (Å²) in [5, 5.41) is 4.00. The van der Waals surface area contributed by atoms with Crippen LogP contribution in [0.1, 0.15) is 34.8 Å². The van der Waals surface area contributed by atoms with Gasteiger partial charge in [-0.2, -0.15) is 0 Å². The average Bonchev–Trinajstić information content (AvgIpc) is 2.80. The molecule has 0 fully saturated rings. The normalized spacial score (nSPS) is 10.3. The summed E-state index contributed by atoms with van der Waals surface area (Å²) in [6.07, 6.45) is 0.943. The van der Waals surface area contributed by atoms with Gasteiger partial charge in [0.15, 0.2) is 10.8 Å². The van der Waals surface area contributed by atoms with E-state index in [-0.39, 0.29) is 5.97 Å². The zero-order valence-corrected chi connectivity index (χ0v) is 12.7. The molecule has 4 nitrogen and oxygen atoms in total. The molecule has 0 aliphatic carbocycles. The topological polar surface area (TPSA) is 51.2 Å². The van der Waals surface area contributed by atoms with Gasteiger partial charge in [0.25, 0.3) is 0 Å². The second-order valence-corrected chi connectivity index (χ2v) is 5.48. The monoisotopic (exact) mass is 290 g/mol. The molecule has 1 aromatic heterocycles. The van der Waals surface area contributed by atoms with Gasteiger partial charge in [-0.3, -0.25) is 0 Å². The number of rotatable bonds is 5. The maximum Gasteiger partial charge on any atom is 0.358 e. The Hall–Kier alpha value is -1.88. The Labute approximate surface area is 122 Å². The maximum absolute atomic E-state index is 11.7. The van der Waals surface area contributed by atoms with Gasteiger partial charge in [-0.25, -0.2) is 9.78 Å². The van der Waals surface area contributed by atoms with E-state index in [4.69, 9.17) is 4.74 Å². The van der Waals surface area contributed by atoms with Gasteiger partial charge in [-0.05, 0) is 31.9 Å². The fraction of sp³-hybridized carbons (Fsp3) is 0.333. The Bertz CT molecular complexity index is 608. The zero-order chi connectivity index (χ0) is 14.5. The number of carbonyl (C=O) groups excluding carboxylic acids is 1. The van der Waals surface area contributed by atoms with E-state index in [1.165, 1.54) is 16.9 Å². The molecule has 0 radical (unpaired) electrons. The molecule has 1 heterocycles. The Balaban J connectivity index is 2.22. The number of anilines is 2. The van der Waals surface area contributed by atoms with E-state index in [1.807, 2.05) is 25.1 Å². The Morgan fingerprint density at radius 1 is 1.35 bits per heavy atom. The first-order chi connectivity index (χ1) is 9.65. The number of aromatic nitrogens is 1. The number of nitrogens with zero attached hydrogens (tertiary/aromatic N) is 1.